The van der Waals surface area contributed by atoms with Gasteiger partial charge in [0, 0.05) is 0 Å². The molecule has 0 amide bonds. The summed E-state index contributed by atoms with van der Waals surface area (Å²) in [4.78, 5) is 22.9. The van der Waals surface area contributed by atoms with Crippen LogP contribution in [0.5, 0.6) is 0 Å². The minimum absolute atomic E-state index is 0.0161. The fourth-order valence-corrected chi connectivity index (χ4v) is 2.75. The van der Waals surface area contributed by atoms with Crippen molar-refractivity contribution in [2.45, 2.75) is 65.2 Å². The lowest BCUT2D eigenvalue weighted by Gasteiger charge is -2.15. The molecular formula is C18H26O4. The minimum Gasteiger partial charge on any atom is -0.478 e. The van der Waals surface area contributed by atoms with Gasteiger partial charge in [0.05, 0.1) is 11.1 Å². The van der Waals surface area contributed by atoms with E-state index < -0.39 is 11.9 Å². The molecular weight excluding hydrogens is 280 g/mol. The molecule has 0 aliphatic carbocycles. The quantitative estimate of drug-likeness (QED) is 0.622. The first-order valence-corrected chi connectivity index (χ1v) is 8.14. The van der Waals surface area contributed by atoms with Gasteiger partial charge in [0.1, 0.15) is 0 Å². The van der Waals surface area contributed by atoms with Crippen molar-refractivity contribution in [1.29, 1.82) is 0 Å². The standard InChI is InChI=1S/C18H26O4/c1-3-5-7-9-13-11-12-15(17(19)20)16(18(21)22)14(13)10-8-6-4-2/h11-12H,3-10H2,1-2H3,(H,19,20)(H,21,22). The molecule has 0 aliphatic heterocycles. The number of carboxylic acids is 2. The summed E-state index contributed by atoms with van der Waals surface area (Å²) in [7, 11) is 0. The van der Waals surface area contributed by atoms with Crippen LogP contribution in [0.2, 0.25) is 0 Å². The molecule has 0 aromatic heterocycles. The molecule has 22 heavy (non-hydrogen) atoms. The number of unbranched alkanes of at least 4 members (excludes halogenated alkanes) is 4. The third-order valence-corrected chi connectivity index (χ3v) is 3.93. The maximum absolute atomic E-state index is 11.6. The molecule has 4 heteroatoms. The van der Waals surface area contributed by atoms with Crippen molar-refractivity contribution in [1.82, 2.24) is 0 Å². The van der Waals surface area contributed by atoms with Crippen molar-refractivity contribution >= 4 is 11.9 Å². The zero-order chi connectivity index (χ0) is 16.5. The number of aryl methyl sites for hydroxylation is 1. The molecule has 0 bridgehead atoms. The van der Waals surface area contributed by atoms with Crippen LogP contribution >= 0.6 is 0 Å². The van der Waals surface area contributed by atoms with Crippen molar-refractivity contribution < 1.29 is 19.8 Å². The number of hydrogen-bond donors (Lipinski definition) is 2. The zero-order valence-corrected chi connectivity index (χ0v) is 13.5. The summed E-state index contributed by atoms with van der Waals surface area (Å²) in [6.07, 6.45) is 7.61. The van der Waals surface area contributed by atoms with E-state index in [4.69, 9.17) is 0 Å². The van der Waals surface area contributed by atoms with Crippen molar-refractivity contribution in [2.24, 2.45) is 0 Å². The Hall–Kier alpha value is -1.84. The topological polar surface area (TPSA) is 74.6 Å². The molecule has 0 radical (unpaired) electrons. The monoisotopic (exact) mass is 306 g/mol. The van der Waals surface area contributed by atoms with E-state index in [-0.39, 0.29) is 11.1 Å². The Morgan fingerprint density at radius 2 is 1.45 bits per heavy atom. The Labute approximate surface area is 132 Å². The molecule has 122 valence electrons. The number of rotatable bonds is 10. The highest BCUT2D eigenvalue weighted by atomic mass is 16.4. The minimum atomic E-state index is -1.17. The van der Waals surface area contributed by atoms with Crippen LogP contribution in [0.3, 0.4) is 0 Å². The second kappa shape index (κ2) is 9.23. The van der Waals surface area contributed by atoms with E-state index in [0.29, 0.717) is 6.42 Å². The van der Waals surface area contributed by atoms with Gasteiger partial charge in [0.25, 0.3) is 0 Å². The van der Waals surface area contributed by atoms with Gasteiger partial charge in [-0.15, -0.1) is 0 Å². The van der Waals surface area contributed by atoms with Crippen LogP contribution in [0.4, 0.5) is 0 Å². The van der Waals surface area contributed by atoms with Gasteiger partial charge in [-0.05, 0) is 42.9 Å². The van der Waals surface area contributed by atoms with Crippen LogP contribution in [0.15, 0.2) is 12.1 Å². The lowest BCUT2D eigenvalue weighted by molar-refractivity contribution is 0.0650. The van der Waals surface area contributed by atoms with Crippen molar-refractivity contribution in [3.63, 3.8) is 0 Å². The molecule has 2 N–H and O–H groups in total. The Morgan fingerprint density at radius 3 is 1.95 bits per heavy atom. The summed E-state index contributed by atoms with van der Waals surface area (Å²) in [5.74, 6) is -2.31. The molecule has 1 rings (SSSR count). The number of benzene rings is 1. The highest BCUT2D eigenvalue weighted by Gasteiger charge is 2.22. The Morgan fingerprint density at radius 1 is 0.864 bits per heavy atom. The maximum atomic E-state index is 11.6. The number of carbonyl (C=O) groups is 2. The van der Waals surface area contributed by atoms with E-state index in [9.17, 15) is 19.8 Å². The first-order valence-electron chi connectivity index (χ1n) is 8.14. The highest BCUT2D eigenvalue weighted by Crippen LogP contribution is 2.24. The average molecular weight is 306 g/mol. The van der Waals surface area contributed by atoms with E-state index in [2.05, 4.69) is 13.8 Å². The highest BCUT2D eigenvalue weighted by molar-refractivity contribution is 6.03. The Balaban J connectivity index is 3.21. The van der Waals surface area contributed by atoms with Crippen LogP contribution in [-0.2, 0) is 12.8 Å². The molecule has 0 fully saturated rings. The van der Waals surface area contributed by atoms with Crippen LogP contribution in [0.25, 0.3) is 0 Å². The first-order chi connectivity index (χ1) is 10.5. The second-order valence-electron chi connectivity index (χ2n) is 5.65. The predicted molar refractivity (Wildman–Crippen MR) is 86.8 cm³/mol. The lowest BCUT2D eigenvalue weighted by atomic mass is 9.89. The van der Waals surface area contributed by atoms with E-state index >= 15 is 0 Å². The van der Waals surface area contributed by atoms with Gasteiger partial charge in [-0.25, -0.2) is 9.59 Å². The van der Waals surface area contributed by atoms with Crippen LogP contribution < -0.4 is 0 Å². The van der Waals surface area contributed by atoms with Gasteiger partial charge < -0.3 is 10.2 Å². The third kappa shape index (κ3) is 4.86. The fraction of sp³-hybridized carbons (Fsp3) is 0.556. The first kappa shape index (κ1) is 18.2. The summed E-state index contributed by atoms with van der Waals surface area (Å²) in [6.45, 7) is 4.21. The molecule has 1 aromatic carbocycles. The SMILES string of the molecule is CCCCCc1ccc(C(=O)O)c(C(=O)O)c1CCCCC. The van der Waals surface area contributed by atoms with E-state index in [1.165, 1.54) is 6.07 Å². The molecule has 0 heterocycles. The summed E-state index contributed by atoms with van der Waals surface area (Å²) >= 11 is 0. The van der Waals surface area contributed by atoms with Crippen LogP contribution in [-0.4, -0.2) is 22.2 Å². The molecule has 0 saturated heterocycles. The molecule has 1 aromatic rings. The fourth-order valence-electron chi connectivity index (χ4n) is 2.75. The smallest absolute Gasteiger partial charge is 0.336 e. The van der Waals surface area contributed by atoms with Gasteiger partial charge in [-0.2, -0.15) is 0 Å². The van der Waals surface area contributed by atoms with Crippen molar-refractivity contribution in [2.75, 3.05) is 0 Å². The molecule has 0 atom stereocenters. The number of hydrogen-bond acceptors (Lipinski definition) is 2. The second-order valence-corrected chi connectivity index (χ2v) is 5.65. The third-order valence-electron chi connectivity index (χ3n) is 3.93. The molecule has 0 spiro atoms. The lowest BCUT2D eigenvalue weighted by Crippen LogP contribution is -2.14. The largest absolute Gasteiger partial charge is 0.478 e. The Kier molecular flexibility index (Phi) is 7.64. The number of carboxylic acid groups (broad SMARTS) is 2. The molecule has 0 aliphatic rings. The summed E-state index contributed by atoms with van der Waals surface area (Å²) in [5, 5.41) is 18.7. The van der Waals surface area contributed by atoms with Crippen LogP contribution in [0.1, 0.15) is 84.2 Å². The summed E-state index contributed by atoms with van der Waals surface area (Å²) in [6, 6.07) is 3.24. The maximum Gasteiger partial charge on any atom is 0.336 e. The molecule has 4 nitrogen and oxygen atoms in total. The summed E-state index contributed by atoms with van der Waals surface area (Å²) in [5.41, 5.74) is 1.60. The van der Waals surface area contributed by atoms with E-state index in [1.807, 2.05) is 0 Å². The van der Waals surface area contributed by atoms with Crippen molar-refractivity contribution in [3.8, 4) is 0 Å². The van der Waals surface area contributed by atoms with Crippen molar-refractivity contribution in [3.05, 3.63) is 34.4 Å². The van der Waals surface area contributed by atoms with E-state index in [1.54, 1.807) is 6.07 Å². The van der Waals surface area contributed by atoms with Crippen LogP contribution in [0, 0.1) is 0 Å². The van der Waals surface area contributed by atoms with Gasteiger partial charge >= 0.3 is 11.9 Å². The van der Waals surface area contributed by atoms with Gasteiger partial charge in [0.2, 0.25) is 0 Å². The number of aromatic carboxylic acids is 2. The normalized spacial score (nSPS) is 10.6. The average Bonchev–Trinajstić information content (AvgIpc) is 2.47. The Bertz CT molecular complexity index is 520. The van der Waals surface area contributed by atoms with E-state index in [0.717, 1.165) is 56.1 Å². The zero-order valence-electron chi connectivity index (χ0n) is 13.5. The molecule has 0 saturated carbocycles. The predicted octanol–water partition coefficient (Wildman–Crippen LogP) is 4.55. The molecule has 0 unspecified atom stereocenters. The van der Waals surface area contributed by atoms with Gasteiger partial charge in [-0.3, -0.25) is 0 Å². The van der Waals surface area contributed by atoms with Gasteiger partial charge in [-0.1, -0.05) is 45.6 Å². The summed E-state index contributed by atoms with van der Waals surface area (Å²) < 4.78 is 0. The van der Waals surface area contributed by atoms with Gasteiger partial charge in [0.15, 0.2) is 0 Å².